The van der Waals surface area contributed by atoms with Crippen molar-refractivity contribution in [1.82, 2.24) is 5.32 Å². The molecule has 24 heavy (non-hydrogen) atoms. The highest BCUT2D eigenvalue weighted by Crippen LogP contribution is 2.20. The van der Waals surface area contributed by atoms with Crippen LogP contribution in [0.4, 0.5) is 5.69 Å². The van der Waals surface area contributed by atoms with Crippen molar-refractivity contribution in [3.8, 4) is 11.5 Å². The lowest BCUT2D eigenvalue weighted by molar-refractivity contribution is -0.384. The van der Waals surface area contributed by atoms with Gasteiger partial charge in [0.2, 0.25) is 0 Å². The molecule has 0 aliphatic heterocycles. The second kappa shape index (κ2) is 8.89. The number of nitrogens with zero attached hydrogens (tertiary/aromatic N) is 1. The lowest BCUT2D eigenvalue weighted by Gasteiger charge is -2.01. The van der Waals surface area contributed by atoms with Gasteiger partial charge in [0.15, 0.2) is 0 Å². The number of hydrogen-bond acceptors (Lipinski definition) is 6. The highest BCUT2D eigenvalue weighted by molar-refractivity contribution is 5.94. The molecule has 8 heteroatoms. The molecule has 0 bridgehead atoms. The van der Waals surface area contributed by atoms with Gasteiger partial charge in [-0.25, -0.2) is 0 Å². The maximum atomic E-state index is 11.0. The lowest BCUT2D eigenvalue weighted by atomic mass is 10.2. The molecule has 0 aliphatic carbocycles. The molecule has 0 heterocycles. The molecule has 0 saturated carbocycles. The first-order chi connectivity index (χ1) is 11.4. The summed E-state index contributed by atoms with van der Waals surface area (Å²) in [7, 11) is 3.05. The first-order valence-electron chi connectivity index (χ1n) is 6.77. The Morgan fingerprint density at radius 2 is 1.92 bits per heavy atom. The average molecular weight is 331 g/mol. The monoisotopic (exact) mass is 331 g/mol. The van der Waals surface area contributed by atoms with Crippen molar-refractivity contribution in [2.75, 3.05) is 14.2 Å². The van der Waals surface area contributed by atoms with Crippen LogP contribution in [0.3, 0.4) is 0 Å². The van der Waals surface area contributed by atoms with E-state index in [1.807, 2.05) is 0 Å². The van der Waals surface area contributed by atoms with E-state index in [4.69, 9.17) is 15.3 Å². The number of benzene rings is 2. The molecule has 1 amide bonds. The zero-order valence-electron chi connectivity index (χ0n) is 13.1. The normalized spacial score (nSPS) is 9.25. The zero-order chi connectivity index (χ0) is 18.1. The van der Waals surface area contributed by atoms with Crippen LogP contribution in [-0.4, -0.2) is 36.3 Å². The van der Waals surface area contributed by atoms with E-state index in [0.29, 0.717) is 16.9 Å². The molecule has 126 valence electrons. The van der Waals surface area contributed by atoms with E-state index >= 15 is 0 Å². The molecule has 0 atom stereocenters. The Hall–Kier alpha value is -3.42. The van der Waals surface area contributed by atoms with Crippen molar-refractivity contribution < 1.29 is 19.6 Å². The van der Waals surface area contributed by atoms with Crippen molar-refractivity contribution in [3.63, 3.8) is 0 Å². The van der Waals surface area contributed by atoms with Gasteiger partial charge < -0.3 is 20.6 Å². The van der Waals surface area contributed by atoms with Gasteiger partial charge in [-0.2, -0.15) is 0 Å². The summed E-state index contributed by atoms with van der Waals surface area (Å²) in [4.78, 5) is 20.8. The van der Waals surface area contributed by atoms with Crippen LogP contribution in [0.2, 0.25) is 0 Å². The van der Waals surface area contributed by atoms with Crippen molar-refractivity contribution in [3.05, 3.63) is 63.7 Å². The standard InChI is InChI=1S/C8H8N2O3.C8H9NO2/c1-9-8(11)6-2-4-7(5-3-6)10(12)13;1-11-7-2-3-8(10)6(4-7)5-9/h2-5H,1H3,(H,9,11);2-5,9-10H,1H3. The molecule has 0 saturated heterocycles. The van der Waals surface area contributed by atoms with Crippen molar-refractivity contribution >= 4 is 17.8 Å². The molecule has 0 aliphatic rings. The van der Waals surface area contributed by atoms with Crippen LogP contribution in [0.25, 0.3) is 0 Å². The third-order valence-electron chi connectivity index (χ3n) is 2.96. The maximum Gasteiger partial charge on any atom is 0.269 e. The molecule has 0 spiro atoms. The van der Waals surface area contributed by atoms with E-state index in [9.17, 15) is 14.9 Å². The second-order valence-electron chi connectivity index (χ2n) is 4.45. The quantitative estimate of drug-likeness (QED) is 0.450. The number of aromatic hydroxyl groups is 1. The van der Waals surface area contributed by atoms with Gasteiger partial charge in [-0.3, -0.25) is 14.9 Å². The van der Waals surface area contributed by atoms with Gasteiger partial charge in [0.1, 0.15) is 11.5 Å². The summed E-state index contributed by atoms with van der Waals surface area (Å²) < 4.78 is 4.90. The molecule has 2 aromatic carbocycles. The Balaban J connectivity index is 0.000000243. The number of carbonyl (C=O) groups excluding carboxylic acids is 1. The van der Waals surface area contributed by atoms with E-state index in [1.54, 1.807) is 19.2 Å². The Labute approximate surface area is 138 Å². The molecule has 0 fully saturated rings. The fourth-order valence-corrected chi connectivity index (χ4v) is 1.65. The minimum atomic E-state index is -0.506. The van der Waals surface area contributed by atoms with Gasteiger partial charge in [0.05, 0.1) is 12.0 Å². The molecular weight excluding hydrogens is 314 g/mol. The van der Waals surface area contributed by atoms with Gasteiger partial charge in [-0.1, -0.05) is 0 Å². The molecule has 3 N–H and O–H groups in total. The van der Waals surface area contributed by atoms with Gasteiger partial charge in [0.25, 0.3) is 11.6 Å². The number of nitro benzene ring substituents is 1. The predicted octanol–water partition coefficient (Wildman–Crippen LogP) is 2.35. The Bertz CT molecular complexity index is 729. The number of non-ortho nitro benzene ring substituents is 1. The highest BCUT2D eigenvalue weighted by Gasteiger charge is 2.07. The first kappa shape index (κ1) is 18.6. The summed E-state index contributed by atoms with van der Waals surface area (Å²) in [5.74, 6) is 0.483. The van der Waals surface area contributed by atoms with Gasteiger partial charge in [-0.05, 0) is 30.3 Å². The third kappa shape index (κ3) is 5.09. The molecule has 8 nitrogen and oxygen atoms in total. The number of ether oxygens (including phenoxy) is 1. The molecule has 0 unspecified atom stereocenters. The van der Waals surface area contributed by atoms with E-state index in [2.05, 4.69) is 5.32 Å². The number of nitrogens with one attached hydrogen (secondary N) is 2. The smallest absolute Gasteiger partial charge is 0.269 e. The summed E-state index contributed by atoms with van der Waals surface area (Å²) in [5.41, 5.74) is 0.852. The Morgan fingerprint density at radius 3 is 2.38 bits per heavy atom. The highest BCUT2D eigenvalue weighted by atomic mass is 16.6. The van der Waals surface area contributed by atoms with Gasteiger partial charge >= 0.3 is 0 Å². The number of methoxy groups -OCH3 is 1. The van der Waals surface area contributed by atoms with Gasteiger partial charge in [0, 0.05) is 36.5 Å². The van der Waals surface area contributed by atoms with E-state index in [-0.39, 0.29) is 17.3 Å². The minimum Gasteiger partial charge on any atom is -0.507 e. The van der Waals surface area contributed by atoms with Gasteiger partial charge in [-0.15, -0.1) is 0 Å². The largest absolute Gasteiger partial charge is 0.507 e. The number of hydrogen-bond donors (Lipinski definition) is 3. The van der Waals surface area contributed by atoms with E-state index in [1.165, 1.54) is 37.4 Å². The Morgan fingerprint density at radius 1 is 1.29 bits per heavy atom. The molecule has 0 aromatic heterocycles. The number of phenols is 1. The summed E-state index contributed by atoms with van der Waals surface area (Å²) in [6.07, 6.45) is 1.08. The third-order valence-corrected chi connectivity index (χ3v) is 2.96. The summed E-state index contributed by atoms with van der Waals surface area (Å²) >= 11 is 0. The maximum absolute atomic E-state index is 11.0. The fraction of sp³-hybridized carbons (Fsp3) is 0.125. The van der Waals surface area contributed by atoms with Crippen LogP contribution in [0.5, 0.6) is 11.5 Å². The van der Waals surface area contributed by atoms with E-state index in [0.717, 1.165) is 6.21 Å². The van der Waals surface area contributed by atoms with Crippen LogP contribution in [-0.2, 0) is 0 Å². The fourth-order valence-electron chi connectivity index (χ4n) is 1.65. The minimum absolute atomic E-state index is 0.0207. The SMILES string of the molecule is CNC(=O)c1ccc([N+](=O)[O-])cc1.COc1ccc(O)c(C=N)c1. The number of nitro groups is 1. The van der Waals surface area contributed by atoms with Crippen LogP contribution >= 0.6 is 0 Å². The zero-order valence-corrected chi connectivity index (χ0v) is 13.1. The van der Waals surface area contributed by atoms with Crippen LogP contribution in [0.1, 0.15) is 15.9 Å². The van der Waals surface area contributed by atoms with Crippen molar-refractivity contribution in [2.45, 2.75) is 0 Å². The second-order valence-corrected chi connectivity index (χ2v) is 4.45. The van der Waals surface area contributed by atoms with Crippen molar-refractivity contribution in [2.24, 2.45) is 0 Å². The van der Waals surface area contributed by atoms with Crippen LogP contribution in [0, 0.1) is 15.5 Å². The molecule has 0 radical (unpaired) electrons. The van der Waals surface area contributed by atoms with E-state index < -0.39 is 4.92 Å². The number of phenolic OH excluding ortho intramolecular Hbond substituents is 1. The lowest BCUT2D eigenvalue weighted by Crippen LogP contribution is -2.17. The molecule has 2 aromatic rings. The first-order valence-corrected chi connectivity index (χ1v) is 6.77. The summed E-state index contributed by atoms with van der Waals surface area (Å²) in [6, 6.07) is 10.2. The number of rotatable bonds is 4. The topological polar surface area (TPSA) is 126 Å². The Kier molecular flexibility index (Phi) is 6.90. The predicted molar refractivity (Wildman–Crippen MR) is 89.0 cm³/mol. The number of carbonyl (C=O) groups is 1. The molecule has 2 rings (SSSR count). The van der Waals surface area contributed by atoms with Crippen LogP contribution < -0.4 is 10.1 Å². The number of amides is 1. The summed E-state index contributed by atoms with van der Waals surface area (Å²) in [6.45, 7) is 0. The average Bonchev–Trinajstić information content (AvgIpc) is 2.62. The molecular formula is C16H17N3O5. The van der Waals surface area contributed by atoms with Crippen molar-refractivity contribution in [1.29, 1.82) is 5.41 Å². The van der Waals surface area contributed by atoms with Crippen LogP contribution in [0.15, 0.2) is 42.5 Å². The summed E-state index contributed by atoms with van der Waals surface area (Å²) in [5, 5.41) is 28.7.